The summed E-state index contributed by atoms with van der Waals surface area (Å²) in [5, 5.41) is 0.707. The Morgan fingerprint density at radius 1 is 1.33 bits per heavy atom. The predicted octanol–water partition coefficient (Wildman–Crippen LogP) is 2.56. The van der Waals surface area contributed by atoms with E-state index < -0.39 is 0 Å². The summed E-state index contributed by atoms with van der Waals surface area (Å²) in [7, 11) is 0. The molecule has 0 amide bonds. The SMILES string of the molecule is CC(=O)c1sc(=Nc2cccc(Cl)c2C)n(CCC[NH+]2CCOCC2)c1C. The summed E-state index contributed by atoms with van der Waals surface area (Å²) in [6.07, 6.45) is 1.05. The molecule has 1 aliphatic heterocycles. The molecule has 1 saturated heterocycles. The number of nitrogens with one attached hydrogen (secondary N) is 1. The van der Waals surface area contributed by atoms with Gasteiger partial charge in [-0.05, 0) is 31.5 Å². The predicted molar refractivity (Wildman–Crippen MR) is 109 cm³/mol. The van der Waals surface area contributed by atoms with Gasteiger partial charge >= 0.3 is 0 Å². The van der Waals surface area contributed by atoms with E-state index in [1.807, 2.05) is 32.0 Å². The summed E-state index contributed by atoms with van der Waals surface area (Å²) in [5.41, 5.74) is 2.81. The maximum atomic E-state index is 12.0. The molecule has 7 heteroatoms. The summed E-state index contributed by atoms with van der Waals surface area (Å²) in [6, 6.07) is 5.74. The summed E-state index contributed by atoms with van der Waals surface area (Å²) < 4.78 is 7.61. The van der Waals surface area contributed by atoms with Crippen molar-refractivity contribution in [2.45, 2.75) is 33.7 Å². The molecular formula is C20H27ClN3O2S+. The van der Waals surface area contributed by atoms with Crippen LogP contribution in [0.15, 0.2) is 23.2 Å². The van der Waals surface area contributed by atoms with Crippen molar-refractivity contribution in [2.75, 3.05) is 32.8 Å². The van der Waals surface area contributed by atoms with Crippen LogP contribution >= 0.6 is 22.9 Å². The Morgan fingerprint density at radius 3 is 2.78 bits per heavy atom. The number of morpholine rings is 1. The number of thiazole rings is 1. The fourth-order valence-corrected chi connectivity index (χ4v) is 4.61. The standard InChI is InChI=1S/C20H26ClN3O2S/c1-14-17(21)6-4-7-18(14)22-20-24(15(2)19(27-20)16(3)25)9-5-8-23-10-12-26-13-11-23/h4,6-7H,5,8-13H2,1-3H3/p+1. The van der Waals surface area contributed by atoms with Crippen molar-refractivity contribution in [3.05, 3.63) is 44.2 Å². The summed E-state index contributed by atoms with van der Waals surface area (Å²) in [4.78, 5) is 20.1. The van der Waals surface area contributed by atoms with Gasteiger partial charge in [0.2, 0.25) is 0 Å². The van der Waals surface area contributed by atoms with E-state index in [4.69, 9.17) is 21.3 Å². The minimum Gasteiger partial charge on any atom is -0.370 e. The van der Waals surface area contributed by atoms with Crippen LogP contribution in [-0.2, 0) is 11.3 Å². The molecule has 1 fully saturated rings. The van der Waals surface area contributed by atoms with Crippen LogP contribution in [0.4, 0.5) is 5.69 Å². The van der Waals surface area contributed by atoms with Crippen molar-refractivity contribution >= 4 is 34.4 Å². The summed E-state index contributed by atoms with van der Waals surface area (Å²) >= 11 is 7.71. The maximum absolute atomic E-state index is 12.0. The van der Waals surface area contributed by atoms with Gasteiger partial charge in [-0.2, -0.15) is 0 Å². The zero-order valence-corrected chi connectivity index (χ0v) is 17.8. The van der Waals surface area contributed by atoms with E-state index in [2.05, 4.69) is 4.57 Å². The Morgan fingerprint density at radius 2 is 2.07 bits per heavy atom. The van der Waals surface area contributed by atoms with E-state index in [-0.39, 0.29) is 5.78 Å². The number of ether oxygens (including phenoxy) is 1. The van der Waals surface area contributed by atoms with Gasteiger partial charge in [-0.1, -0.05) is 29.0 Å². The molecule has 27 heavy (non-hydrogen) atoms. The third-order valence-corrected chi connectivity index (χ3v) is 6.74. The molecule has 0 unspecified atom stereocenters. The number of aromatic nitrogens is 1. The minimum absolute atomic E-state index is 0.0920. The van der Waals surface area contributed by atoms with E-state index in [0.29, 0.717) is 5.02 Å². The van der Waals surface area contributed by atoms with Gasteiger partial charge in [-0.25, -0.2) is 4.99 Å². The number of nitrogens with zero attached hydrogens (tertiary/aromatic N) is 2. The monoisotopic (exact) mass is 408 g/mol. The number of ketones is 1. The van der Waals surface area contributed by atoms with E-state index in [1.54, 1.807) is 11.8 Å². The summed E-state index contributed by atoms with van der Waals surface area (Å²) in [5.74, 6) is 0.0920. The van der Waals surface area contributed by atoms with Crippen LogP contribution in [0.2, 0.25) is 5.02 Å². The van der Waals surface area contributed by atoms with Crippen molar-refractivity contribution < 1.29 is 14.4 Å². The van der Waals surface area contributed by atoms with Crippen molar-refractivity contribution in [3.63, 3.8) is 0 Å². The van der Waals surface area contributed by atoms with E-state index in [0.717, 1.165) is 72.4 Å². The second kappa shape index (κ2) is 9.15. The lowest BCUT2D eigenvalue weighted by atomic mass is 10.2. The highest BCUT2D eigenvalue weighted by Crippen LogP contribution is 2.25. The molecule has 1 aliphatic rings. The molecule has 5 nitrogen and oxygen atoms in total. The Kier molecular flexibility index (Phi) is 6.87. The molecule has 2 heterocycles. The van der Waals surface area contributed by atoms with Gasteiger partial charge in [0.05, 0.1) is 30.3 Å². The van der Waals surface area contributed by atoms with Crippen LogP contribution < -0.4 is 9.70 Å². The van der Waals surface area contributed by atoms with Gasteiger partial charge in [0.1, 0.15) is 13.1 Å². The lowest BCUT2D eigenvalue weighted by Crippen LogP contribution is -3.14. The molecular weight excluding hydrogens is 382 g/mol. The van der Waals surface area contributed by atoms with E-state index in [9.17, 15) is 4.79 Å². The number of quaternary nitrogens is 1. The zero-order valence-electron chi connectivity index (χ0n) is 16.2. The van der Waals surface area contributed by atoms with Crippen LogP contribution in [0, 0.1) is 13.8 Å². The normalized spacial score (nSPS) is 16.1. The Bertz CT molecular complexity index is 882. The number of carbonyl (C=O) groups is 1. The first-order valence-electron chi connectivity index (χ1n) is 9.39. The van der Waals surface area contributed by atoms with E-state index in [1.165, 1.54) is 11.3 Å². The Hall–Kier alpha value is -1.47. The fraction of sp³-hybridized carbons (Fsp3) is 0.500. The second-order valence-corrected chi connectivity index (χ2v) is 8.35. The topological polar surface area (TPSA) is 48.0 Å². The number of rotatable bonds is 6. The van der Waals surface area contributed by atoms with Gasteiger partial charge < -0.3 is 14.2 Å². The van der Waals surface area contributed by atoms with Gasteiger partial charge in [-0.15, -0.1) is 0 Å². The van der Waals surface area contributed by atoms with Crippen molar-refractivity contribution in [1.82, 2.24) is 4.57 Å². The molecule has 1 aromatic heterocycles. The number of carbonyl (C=O) groups excluding carboxylic acids is 1. The zero-order chi connectivity index (χ0) is 19.4. The number of Topliss-reactive ketones (excluding diaryl/α,β-unsaturated/α-hetero) is 1. The number of benzene rings is 1. The largest absolute Gasteiger partial charge is 0.370 e. The summed E-state index contributed by atoms with van der Waals surface area (Å²) in [6.45, 7) is 11.4. The Labute approximate surface area is 169 Å². The van der Waals surface area contributed by atoms with Gasteiger partial charge in [0.25, 0.3) is 0 Å². The quantitative estimate of drug-likeness (QED) is 0.747. The lowest BCUT2D eigenvalue weighted by Gasteiger charge is -2.23. The molecule has 1 N–H and O–H groups in total. The molecule has 3 rings (SSSR count). The van der Waals surface area contributed by atoms with Crippen LogP contribution in [0.1, 0.15) is 34.3 Å². The minimum atomic E-state index is 0.0920. The van der Waals surface area contributed by atoms with Gasteiger partial charge in [0.15, 0.2) is 10.6 Å². The maximum Gasteiger partial charge on any atom is 0.190 e. The van der Waals surface area contributed by atoms with Crippen molar-refractivity contribution in [2.24, 2.45) is 4.99 Å². The van der Waals surface area contributed by atoms with Crippen molar-refractivity contribution in [1.29, 1.82) is 0 Å². The van der Waals surface area contributed by atoms with Crippen LogP contribution in [0.3, 0.4) is 0 Å². The molecule has 0 saturated carbocycles. The average molecular weight is 409 g/mol. The van der Waals surface area contributed by atoms with Crippen molar-refractivity contribution in [3.8, 4) is 0 Å². The molecule has 146 valence electrons. The van der Waals surface area contributed by atoms with Gasteiger partial charge in [0, 0.05) is 30.6 Å². The second-order valence-electron chi connectivity index (χ2n) is 6.97. The molecule has 0 bridgehead atoms. The highest BCUT2D eigenvalue weighted by molar-refractivity contribution is 7.11. The third-order valence-electron chi connectivity index (χ3n) is 5.04. The first kappa shape index (κ1) is 20.3. The number of hydrogen-bond donors (Lipinski definition) is 1. The molecule has 0 spiro atoms. The average Bonchev–Trinajstić information content (AvgIpc) is 2.96. The first-order chi connectivity index (χ1) is 13.0. The number of halogens is 1. The molecule has 1 aromatic carbocycles. The van der Waals surface area contributed by atoms with Crippen LogP contribution in [-0.4, -0.2) is 43.2 Å². The van der Waals surface area contributed by atoms with Crippen LogP contribution in [0.5, 0.6) is 0 Å². The lowest BCUT2D eigenvalue weighted by molar-refractivity contribution is -0.908. The van der Waals surface area contributed by atoms with Gasteiger partial charge in [-0.3, -0.25) is 4.79 Å². The smallest absolute Gasteiger partial charge is 0.190 e. The molecule has 0 aliphatic carbocycles. The fourth-order valence-electron chi connectivity index (χ4n) is 3.38. The highest BCUT2D eigenvalue weighted by atomic mass is 35.5. The highest BCUT2D eigenvalue weighted by Gasteiger charge is 2.16. The molecule has 0 radical (unpaired) electrons. The Balaban J connectivity index is 1.88. The first-order valence-corrected chi connectivity index (χ1v) is 10.6. The van der Waals surface area contributed by atoms with E-state index >= 15 is 0 Å². The van der Waals surface area contributed by atoms with Crippen LogP contribution in [0.25, 0.3) is 0 Å². The third kappa shape index (κ3) is 4.88. The number of hydrogen-bond acceptors (Lipinski definition) is 4. The molecule has 2 aromatic rings. The molecule has 0 atom stereocenters.